The highest BCUT2D eigenvalue weighted by Gasteiger charge is 2.31. The minimum atomic E-state index is -1.12. The Labute approximate surface area is 138 Å². The van der Waals surface area contributed by atoms with E-state index in [0.29, 0.717) is 19.4 Å². The van der Waals surface area contributed by atoms with E-state index >= 15 is 0 Å². The highest BCUT2D eigenvalue weighted by atomic mass is 16.6. The Hall–Kier alpha value is -2.36. The first kappa shape index (κ1) is 18.0. The van der Waals surface area contributed by atoms with Crippen LogP contribution in [-0.4, -0.2) is 45.2 Å². The number of hydrogen-bond acceptors (Lipinski definition) is 6. The fourth-order valence-electron chi connectivity index (χ4n) is 2.59. The number of hydrogen-bond donors (Lipinski definition) is 2. The monoisotopic (exact) mass is 342 g/mol. The van der Waals surface area contributed by atoms with Gasteiger partial charge in [0.1, 0.15) is 5.69 Å². The molecule has 1 saturated heterocycles. The summed E-state index contributed by atoms with van der Waals surface area (Å²) in [5.41, 5.74) is 0.0869. The van der Waals surface area contributed by atoms with Crippen LogP contribution < -0.4 is 10.1 Å². The maximum Gasteiger partial charge on any atom is 0.404 e. The van der Waals surface area contributed by atoms with Crippen molar-refractivity contribution < 1.29 is 24.3 Å². The molecule has 2 atom stereocenters. The Morgan fingerprint density at radius 3 is 2.96 bits per heavy atom. The van der Waals surface area contributed by atoms with Crippen LogP contribution in [0.1, 0.15) is 44.5 Å². The number of nitro groups is 1. The molecule has 1 fully saturated rings. The first-order chi connectivity index (χ1) is 11.4. The van der Waals surface area contributed by atoms with Crippen molar-refractivity contribution in [3.8, 4) is 5.88 Å². The van der Waals surface area contributed by atoms with Crippen molar-refractivity contribution in [1.29, 1.82) is 0 Å². The quantitative estimate of drug-likeness (QED) is 0.574. The lowest BCUT2D eigenvalue weighted by molar-refractivity contribution is -0.386. The van der Waals surface area contributed by atoms with E-state index in [4.69, 9.17) is 14.6 Å². The number of aromatic nitrogens is 2. The van der Waals surface area contributed by atoms with E-state index in [9.17, 15) is 14.9 Å². The summed E-state index contributed by atoms with van der Waals surface area (Å²) in [6.07, 6.45) is 1.50. The van der Waals surface area contributed by atoms with Gasteiger partial charge in [-0.05, 0) is 33.1 Å². The Bertz CT molecular complexity index is 596. The van der Waals surface area contributed by atoms with Gasteiger partial charge in [-0.25, -0.2) is 4.79 Å². The molecular weight excluding hydrogens is 320 g/mol. The van der Waals surface area contributed by atoms with Crippen molar-refractivity contribution in [3.63, 3.8) is 0 Å². The molecule has 0 aliphatic carbocycles. The van der Waals surface area contributed by atoms with Gasteiger partial charge in [0.15, 0.2) is 6.23 Å². The molecule has 2 unspecified atom stereocenters. The topological polar surface area (TPSA) is 129 Å². The molecule has 2 rings (SSSR count). The third-order valence-electron chi connectivity index (χ3n) is 3.78. The Kier molecular flexibility index (Phi) is 5.96. The summed E-state index contributed by atoms with van der Waals surface area (Å²) in [7, 11) is 0. The van der Waals surface area contributed by atoms with Gasteiger partial charge in [0.2, 0.25) is 0 Å². The molecule has 1 amide bonds. The maximum absolute atomic E-state index is 11.3. The van der Waals surface area contributed by atoms with Crippen molar-refractivity contribution in [2.24, 2.45) is 0 Å². The molecule has 1 aromatic heterocycles. The van der Waals surface area contributed by atoms with E-state index in [1.807, 2.05) is 0 Å². The summed E-state index contributed by atoms with van der Waals surface area (Å²) >= 11 is 0. The van der Waals surface area contributed by atoms with Crippen LogP contribution in [0.2, 0.25) is 0 Å². The van der Waals surface area contributed by atoms with Crippen LogP contribution >= 0.6 is 0 Å². The summed E-state index contributed by atoms with van der Waals surface area (Å²) in [5, 5.41) is 26.5. The largest absolute Gasteiger partial charge is 0.473 e. The van der Waals surface area contributed by atoms with E-state index in [1.54, 1.807) is 13.8 Å². The zero-order chi connectivity index (χ0) is 17.7. The first-order valence-electron chi connectivity index (χ1n) is 7.87. The molecule has 1 aliphatic heterocycles. The average molecular weight is 342 g/mol. The van der Waals surface area contributed by atoms with Gasteiger partial charge < -0.3 is 19.9 Å². The van der Waals surface area contributed by atoms with Gasteiger partial charge in [-0.2, -0.15) is 9.78 Å². The van der Waals surface area contributed by atoms with Crippen LogP contribution in [0.3, 0.4) is 0 Å². The van der Waals surface area contributed by atoms with Crippen molar-refractivity contribution in [2.75, 3.05) is 13.2 Å². The van der Waals surface area contributed by atoms with Crippen molar-refractivity contribution in [3.05, 3.63) is 15.8 Å². The molecule has 0 spiro atoms. The second kappa shape index (κ2) is 7.95. The summed E-state index contributed by atoms with van der Waals surface area (Å²) in [4.78, 5) is 21.4. The van der Waals surface area contributed by atoms with Gasteiger partial charge in [-0.1, -0.05) is 0 Å². The SMILES string of the molecule is Cc1nn(C2CCCCO2)c(OCCC(C)NC(=O)O)c1[N+](=O)[O-]. The predicted molar refractivity (Wildman–Crippen MR) is 83.2 cm³/mol. The standard InChI is InChI=1S/C14H22N4O6/c1-9(15-14(19)20)6-8-24-13-12(18(21)22)10(2)16-17(13)11-5-3-4-7-23-11/h9,11,15H,3-8H2,1-2H3,(H,19,20). The molecule has 24 heavy (non-hydrogen) atoms. The third kappa shape index (κ3) is 4.34. The predicted octanol–water partition coefficient (Wildman–Crippen LogP) is 2.22. The van der Waals surface area contributed by atoms with Gasteiger partial charge >= 0.3 is 11.8 Å². The number of carbonyl (C=O) groups is 1. The van der Waals surface area contributed by atoms with Crippen molar-refractivity contribution >= 4 is 11.8 Å². The zero-order valence-corrected chi connectivity index (χ0v) is 13.7. The Morgan fingerprint density at radius 1 is 1.62 bits per heavy atom. The molecule has 10 nitrogen and oxygen atoms in total. The number of nitrogens with one attached hydrogen (secondary N) is 1. The van der Waals surface area contributed by atoms with E-state index < -0.39 is 11.0 Å². The fraction of sp³-hybridized carbons (Fsp3) is 0.714. The number of rotatable bonds is 7. The maximum atomic E-state index is 11.3. The lowest BCUT2D eigenvalue weighted by Gasteiger charge is -2.24. The molecule has 2 N–H and O–H groups in total. The first-order valence-corrected chi connectivity index (χ1v) is 7.87. The van der Waals surface area contributed by atoms with Crippen molar-refractivity contribution in [2.45, 2.75) is 51.8 Å². The highest BCUT2D eigenvalue weighted by Crippen LogP contribution is 2.35. The number of amides is 1. The molecule has 1 aromatic rings. The van der Waals surface area contributed by atoms with Gasteiger partial charge in [-0.3, -0.25) is 10.1 Å². The Morgan fingerprint density at radius 2 is 2.38 bits per heavy atom. The normalized spacial score (nSPS) is 18.8. The summed E-state index contributed by atoms with van der Waals surface area (Å²) in [5.74, 6) is 0.0620. The molecule has 134 valence electrons. The minimum absolute atomic E-state index is 0.0620. The lowest BCUT2D eigenvalue weighted by Crippen LogP contribution is -2.32. The smallest absolute Gasteiger partial charge is 0.404 e. The van der Waals surface area contributed by atoms with E-state index in [1.165, 1.54) is 4.68 Å². The van der Waals surface area contributed by atoms with Crippen LogP contribution in [0.15, 0.2) is 0 Å². The van der Waals surface area contributed by atoms with Gasteiger partial charge in [0, 0.05) is 19.1 Å². The van der Waals surface area contributed by atoms with E-state index in [0.717, 1.165) is 12.8 Å². The van der Waals surface area contributed by atoms with Crippen LogP contribution in [-0.2, 0) is 4.74 Å². The fourth-order valence-corrected chi connectivity index (χ4v) is 2.59. The minimum Gasteiger partial charge on any atom is -0.473 e. The van der Waals surface area contributed by atoms with Crippen LogP contribution in [0.4, 0.5) is 10.5 Å². The number of carboxylic acid groups (broad SMARTS) is 1. The third-order valence-corrected chi connectivity index (χ3v) is 3.78. The van der Waals surface area contributed by atoms with Crippen LogP contribution in [0.5, 0.6) is 5.88 Å². The van der Waals surface area contributed by atoms with E-state index in [-0.39, 0.29) is 36.1 Å². The summed E-state index contributed by atoms with van der Waals surface area (Å²) < 4.78 is 12.7. The average Bonchev–Trinajstić information content (AvgIpc) is 2.84. The van der Waals surface area contributed by atoms with Gasteiger partial charge in [0.25, 0.3) is 5.88 Å². The number of aryl methyl sites for hydroxylation is 1. The van der Waals surface area contributed by atoms with Gasteiger partial charge in [-0.15, -0.1) is 0 Å². The summed E-state index contributed by atoms with van der Waals surface area (Å²) in [6.45, 7) is 3.95. The molecule has 0 saturated carbocycles. The van der Waals surface area contributed by atoms with E-state index in [2.05, 4.69) is 10.4 Å². The van der Waals surface area contributed by atoms with Crippen molar-refractivity contribution in [1.82, 2.24) is 15.1 Å². The molecule has 2 heterocycles. The second-order valence-electron chi connectivity index (χ2n) is 5.75. The van der Waals surface area contributed by atoms with Crippen LogP contribution in [0.25, 0.3) is 0 Å². The molecular formula is C14H22N4O6. The van der Waals surface area contributed by atoms with Crippen LogP contribution in [0, 0.1) is 17.0 Å². The molecule has 0 radical (unpaired) electrons. The second-order valence-corrected chi connectivity index (χ2v) is 5.75. The lowest BCUT2D eigenvalue weighted by atomic mass is 10.2. The number of nitrogens with zero attached hydrogens (tertiary/aromatic N) is 3. The highest BCUT2D eigenvalue weighted by molar-refractivity contribution is 5.64. The number of ether oxygens (including phenoxy) is 2. The molecule has 1 aliphatic rings. The molecule has 0 aromatic carbocycles. The van der Waals surface area contributed by atoms with Gasteiger partial charge in [0.05, 0.1) is 11.5 Å². The Balaban J connectivity index is 2.13. The molecule has 0 bridgehead atoms. The summed E-state index contributed by atoms with van der Waals surface area (Å²) in [6, 6.07) is -0.329. The molecule has 10 heteroatoms. The zero-order valence-electron chi connectivity index (χ0n) is 13.7.